The lowest BCUT2D eigenvalue weighted by Crippen LogP contribution is -2.50. The maximum Gasteiger partial charge on any atom is 0.255 e. The Morgan fingerprint density at radius 3 is 2.48 bits per heavy atom. The van der Waals surface area contributed by atoms with Crippen LogP contribution in [0.5, 0.6) is 11.5 Å². The molecule has 29 heavy (non-hydrogen) atoms. The number of benzene rings is 2. The van der Waals surface area contributed by atoms with Gasteiger partial charge < -0.3 is 19.7 Å². The van der Waals surface area contributed by atoms with Crippen LogP contribution >= 0.6 is 0 Å². The predicted octanol–water partition coefficient (Wildman–Crippen LogP) is 3.04. The second-order valence-corrected chi connectivity index (χ2v) is 7.51. The summed E-state index contributed by atoms with van der Waals surface area (Å²) < 4.78 is 10.6. The van der Waals surface area contributed by atoms with Crippen molar-refractivity contribution in [3.8, 4) is 11.5 Å². The fourth-order valence-corrected chi connectivity index (χ4v) is 3.78. The van der Waals surface area contributed by atoms with Gasteiger partial charge >= 0.3 is 0 Å². The van der Waals surface area contributed by atoms with Gasteiger partial charge in [0.05, 0.1) is 14.2 Å². The Labute approximate surface area is 171 Å². The lowest BCUT2D eigenvalue weighted by Gasteiger charge is -2.30. The van der Waals surface area contributed by atoms with Gasteiger partial charge in [0.2, 0.25) is 5.91 Å². The summed E-state index contributed by atoms with van der Waals surface area (Å²) in [6.45, 7) is 4.89. The first kappa shape index (κ1) is 20.7. The number of ether oxygens (including phenoxy) is 2. The Bertz CT molecular complexity index is 894. The molecule has 0 saturated carbocycles. The summed E-state index contributed by atoms with van der Waals surface area (Å²) in [5, 5.41) is 3.00. The molecule has 3 rings (SSSR count). The van der Waals surface area contributed by atoms with Crippen LogP contribution in [0.2, 0.25) is 0 Å². The molecule has 2 aromatic rings. The van der Waals surface area contributed by atoms with Crippen LogP contribution in [0.3, 0.4) is 0 Å². The largest absolute Gasteiger partial charge is 0.493 e. The normalized spacial score (nSPS) is 14.0. The van der Waals surface area contributed by atoms with Crippen LogP contribution in [0.4, 0.5) is 0 Å². The molecule has 1 aliphatic heterocycles. The van der Waals surface area contributed by atoms with E-state index in [4.69, 9.17) is 9.47 Å². The second-order valence-electron chi connectivity index (χ2n) is 7.51. The van der Waals surface area contributed by atoms with Gasteiger partial charge in [-0.25, -0.2) is 0 Å². The average molecular weight is 396 g/mol. The van der Waals surface area contributed by atoms with E-state index in [2.05, 4.69) is 5.32 Å². The second kappa shape index (κ2) is 8.99. The number of nitrogens with zero attached hydrogens (tertiary/aromatic N) is 1. The van der Waals surface area contributed by atoms with Crippen LogP contribution < -0.4 is 14.8 Å². The number of carbonyl (C=O) groups is 2. The number of nitrogens with one attached hydrogen (secondary N) is 1. The minimum Gasteiger partial charge on any atom is -0.493 e. The third-order valence-corrected chi connectivity index (χ3v) is 5.25. The van der Waals surface area contributed by atoms with Crippen molar-refractivity contribution in [3.05, 3.63) is 59.2 Å². The van der Waals surface area contributed by atoms with Crippen molar-refractivity contribution in [1.82, 2.24) is 10.2 Å². The zero-order valence-electron chi connectivity index (χ0n) is 17.4. The molecule has 6 heteroatoms. The van der Waals surface area contributed by atoms with E-state index in [9.17, 15) is 9.59 Å². The van der Waals surface area contributed by atoms with Crippen molar-refractivity contribution in [2.75, 3.05) is 20.8 Å². The number of rotatable bonds is 8. The van der Waals surface area contributed by atoms with Crippen LogP contribution in [0.1, 0.15) is 35.3 Å². The van der Waals surface area contributed by atoms with Gasteiger partial charge in [0.1, 0.15) is 6.04 Å². The molecule has 6 nitrogen and oxygen atoms in total. The monoisotopic (exact) mass is 396 g/mol. The average Bonchev–Trinajstić information content (AvgIpc) is 3.04. The van der Waals surface area contributed by atoms with Crippen LogP contribution in [-0.4, -0.2) is 43.5 Å². The van der Waals surface area contributed by atoms with Gasteiger partial charge in [-0.3, -0.25) is 9.59 Å². The van der Waals surface area contributed by atoms with E-state index in [0.717, 1.165) is 11.1 Å². The van der Waals surface area contributed by atoms with Crippen molar-refractivity contribution in [1.29, 1.82) is 0 Å². The van der Waals surface area contributed by atoms with Gasteiger partial charge in [0, 0.05) is 18.7 Å². The molecular formula is C23H28N2O4. The van der Waals surface area contributed by atoms with Crippen LogP contribution in [0.25, 0.3) is 0 Å². The molecule has 1 heterocycles. The van der Waals surface area contributed by atoms with Crippen LogP contribution in [0, 0.1) is 5.92 Å². The fourth-order valence-electron chi connectivity index (χ4n) is 3.78. The first-order chi connectivity index (χ1) is 14.0. The highest BCUT2D eigenvalue weighted by atomic mass is 16.5. The van der Waals surface area contributed by atoms with Crippen molar-refractivity contribution < 1.29 is 19.1 Å². The maximum absolute atomic E-state index is 12.9. The van der Waals surface area contributed by atoms with Crippen molar-refractivity contribution in [3.63, 3.8) is 0 Å². The van der Waals surface area contributed by atoms with Crippen LogP contribution in [-0.2, 0) is 17.8 Å². The first-order valence-corrected chi connectivity index (χ1v) is 9.83. The molecular weight excluding hydrogens is 368 g/mol. The Morgan fingerprint density at radius 2 is 1.83 bits per heavy atom. The number of carbonyl (C=O) groups excluding carboxylic acids is 2. The summed E-state index contributed by atoms with van der Waals surface area (Å²) >= 11 is 0. The summed E-state index contributed by atoms with van der Waals surface area (Å²) in [7, 11) is 3.20. The smallest absolute Gasteiger partial charge is 0.255 e. The minimum atomic E-state index is -0.500. The molecule has 2 amide bonds. The number of amides is 2. The van der Waals surface area contributed by atoms with E-state index in [1.807, 2.05) is 56.3 Å². The predicted molar refractivity (Wildman–Crippen MR) is 111 cm³/mol. The number of hydrogen-bond acceptors (Lipinski definition) is 4. The summed E-state index contributed by atoms with van der Waals surface area (Å²) in [6, 6.07) is 12.8. The molecule has 2 aromatic carbocycles. The quantitative estimate of drug-likeness (QED) is 0.745. The lowest BCUT2D eigenvalue weighted by molar-refractivity contribution is -0.127. The molecule has 1 N–H and O–H groups in total. The highest BCUT2D eigenvalue weighted by molar-refractivity contribution is 6.01. The molecule has 154 valence electrons. The third kappa shape index (κ3) is 4.36. The Balaban J connectivity index is 1.63. The molecule has 1 unspecified atom stereocenters. The Kier molecular flexibility index (Phi) is 6.42. The molecule has 0 fully saturated rings. The lowest BCUT2D eigenvalue weighted by atomic mass is 10.0. The SMILES string of the molecule is COc1ccc(CCNC(=O)C(C(C)C)N2Cc3ccccc3C2=O)cc1OC. The summed E-state index contributed by atoms with van der Waals surface area (Å²) in [6.07, 6.45) is 0.658. The molecule has 1 atom stereocenters. The number of methoxy groups -OCH3 is 2. The number of hydrogen-bond donors (Lipinski definition) is 1. The van der Waals surface area contributed by atoms with E-state index in [-0.39, 0.29) is 17.7 Å². The summed E-state index contributed by atoms with van der Waals surface area (Å²) in [4.78, 5) is 27.4. The highest BCUT2D eigenvalue weighted by Crippen LogP contribution is 2.28. The zero-order valence-corrected chi connectivity index (χ0v) is 17.4. The van der Waals surface area contributed by atoms with E-state index in [0.29, 0.717) is 36.6 Å². The van der Waals surface area contributed by atoms with E-state index < -0.39 is 6.04 Å². The zero-order chi connectivity index (χ0) is 21.0. The van der Waals surface area contributed by atoms with Gasteiger partial charge in [-0.15, -0.1) is 0 Å². The Hall–Kier alpha value is -3.02. The minimum absolute atomic E-state index is 0.00865. The molecule has 0 spiro atoms. The van der Waals surface area contributed by atoms with E-state index >= 15 is 0 Å². The highest BCUT2D eigenvalue weighted by Gasteiger charge is 2.37. The third-order valence-electron chi connectivity index (χ3n) is 5.25. The van der Waals surface area contributed by atoms with Gasteiger partial charge in [-0.1, -0.05) is 38.1 Å². The van der Waals surface area contributed by atoms with Gasteiger partial charge in [0.25, 0.3) is 5.91 Å². The topological polar surface area (TPSA) is 67.9 Å². The van der Waals surface area contributed by atoms with Gasteiger partial charge in [-0.05, 0) is 41.7 Å². The molecule has 0 aromatic heterocycles. The molecule has 0 saturated heterocycles. The molecule has 0 bridgehead atoms. The molecule has 0 radical (unpaired) electrons. The van der Waals surface area contributed by atoms with E-state index in [1.165, 1.54) is 0 Å². The molecule has 0 aliphatic carbocycles. The van der Waals surface area contributed by atoms with Crippen molar-refractivity contribution in [2.24, 2.45) is 5.92 Å². The number of fused-ring (bicyclic) bond motifs is 1. The molecule has 1 aliphatic rings. The van der Waals surface area contributed by atoms with Crippen molar-refractivity contribution >= 4 is 11.8 Å². The maximum atomic E-state index is 12.9. The van der Waals surface area contributed by atoms with E-state index in [1.54, 1.807) is 19.1 Å². The summed E-state index contributed by atoms with van der Waals surface area (Å²) in [5.74, 6) is 1.15. The standard InChI is InChI=1S/C23H28N2O4/c1-15(2)21(25-14-17-7-5-6-8-18(17)23(25)27)22(26)24-12-11-16-9-10-19(28-3)20(13-16)29-4/h5-10,13,15,21H,11-12,14H2,1-4H3,(H,24,26). The van der Waals surface area contributed by atoms with Crippen molar-refractivity contribution in [2.45, 2.75) is 32.9 Å². The Morgan fingerprint density at radius 1 is 1.10 bits per heavy atom. The summed E-state index contributed by atoms with van der Waals surface area (Å²) in [5.41, 5.74) is 2.70. The fraction of sp³-hybridized carbons (Fsp3) is 0.391. The van der Waals surface area contributed by atoms with Gasteiger partial charge in [-0.2, -0.15) is 0 Å². The van der Waals surface area contributed by atoms with Gasteiger partial charge in [0.15, 0.2) is 11.5 Å². The van der Waals surface area contributed by atoms with Crippen LogP contribution in [0.15, 0.2) is 42.5 Å². The first-order valence-electron chi connectivity index (χ1n) is 9.83.